The Hall–Kier alpha value is -1.73. The number of hydrogen-bond donors (Lipinski definition) is 0. The van der Waals surface area contributed by atoms with E-state index in [1.807, 2.05) is 16.4 Å². The Kier molecular flexibility index (Phi) is 6.82. The SMILES string of the molecule is Cc1sc2nc(C(C)C)n(C3CCCN(CC(=O)N4CCCCCC4)C3)c(=O)c2c1C. The zero-order chi connectivity index (χ0) is 22.1. The fourth-order valence-electron chi connectivity index (χ4n) is 5.08. The van der Waals surface area contributed by atoms with Crippen molar-refractivity contribution in [3.63, 3.8) is 0 Å². The highest BCUT2D eigenvalue weighted by molar-refractivity contribution is 7.18. The topological polar surface area (TPSA) is 58.4 Å². The molecule has 2 aromatic heterocycles. The van der Waals surface area contributed by atoms with E-state index in [0.717, 1.165) is 73.5 Å². The molecule has 0 aromatic carbocycles. The van der Waals surface area contributed by atoms with Gasteiger partial charge in [0.25, 0.3) is 5.56 Å². The van der Waals surface area contributed by atoms with Gasteiger partial charge in [0.2, 0.25) is 5.91 Å². The minimum Gasteiger partial charge on any atom is -0.342 e. The minimum absolute atomic E-state index is 0.0760. The summed E-state index contributed by atoms with van der Waals surface area (Å²) in [5.74, 6) is 1.30. The van der Waals surface area contributed by atoms with E-state index >= 15 is 0 Å². The predicted octanol–water partition coefficient (Wildman–Crippen LogP) is 4.24. The number of nitrogens with zero attached hydrogens (tertiary/aromatic N) is 4. The second-order valence-corrected chi connectivity index (χ2v) is 10.8. The Morgan fingerprint density at radius 3 is 2.48 bits per heavy atom. The van der Waals surface area contributed by atoms with Crippen LogP contribution in [0.25, 0.3) is 10.2 Å². The lowest BCUT2D eigenvalue weighted by Gasteiger charge is -2.35. The van der Waals surface area contributed by atoms with E-state index in [-0.39, 0.29) is 23.4 Å². The van der Waals surface area contributed by atoms with Gasteiger partial charge in [-0.3, -0.25) is 19.1 Å². The molecule has 0 spiro atoms. The van der Waals surface area contributed by atoms with Gasteiger partial charge in [0.15, 0.2) is 0 Å². The van der Waals surface area contributed by atoms with Crippen molar-refractivity contribution in [3.8, 4) is 0 Å². The fraction of sp³-hybridized carbons (Fsp3) is 0.708. The number of carbonyl (C=O) groups excluding carboxylic acids is 1. The molecular weight excluding hydrogens is 408 g/mol. The Morgan fingerprint density at radius 1 is 1.10 bits per heavy atom. The molecular formula is C24H36N4O2S. The molecule has 0 bridgehead atoms. The van der Waals surface area contributed by atoms with Crippen molar-refractivity contribution in [2.24, 2.45) is 0 Å². The number of hydrogen-bond acceptors (Lipinski definition) is 5. The molecule has 170 valence electrons. The molecule has 2 aromatic rings. The summed E-state index contributed by atoms with van der Waals surface area (Å²) in [6.07, 6.45) is 6.66. The standard InChI is InChI=1S/C24H36N4O2S/c1-16(2)22-25-23-21(17(3)18(4)31-23)24(30)28(22)19-10-9-11-26(14-19)15-20(29)27-12-7-5-6-8-13-27/h16,19H,5-15H2,1-4H3. The van der Waals surface area contributed by atoms with Gasteiger partial charge in [-0.25, -0.2) is 4.98 Å². The van der Waals surface area contributed by atoms with Crippen molar-refractivity contribution < 1.29 is 4.79 Å². The molecule has 4 rings (SSSR count). The molecule has 2 fully saturated rings. The molecule has 31 heavy (non-hydrogen) atoms. The molecule has 2 saturated heterocycles. The summed E-state index contributed by atoms with van der Waals surface area (Å²) >= 11 is 1.62. The first kappa shape index (κ1) is 22.5. The van der Waals surface area contributed by atoms with Crippen molar-refractivity contribution in [1.82, 2.24) is 19.4 Å². The molecule has 1 unspecified atom stereocenters. The monoisotopic (exact) mass is 444 g/mol. The van der Waals surface area contributed by atoms with Crippen LogP contribution in [0.1, 0.15) is 80.6 Å². The lowest BCUT2D eigenvalue weighted by atomic mass is 10.0. The highest BCUT2D eigenvalue weighted by Gasteiger charge is 2.29. The van der Waals surface area contributed by atoms with Crippen molar-refractivity contribution in [2.45, 2.75) is 78.2 Å². The lowest BCUT2D eigenvalue weighted by Crippen LogP contribution is -2.46. The average molecular weight is 445 g/mol. The largest absolute Gasteiger partial charge is 0.342 e. The molecule has 0 N–H and O–H groups in total. The zero-order valence-corrected chi connectivity index (χ0v) is 20.3. The van der Waals surface area contributed by atoms with Crippen LogP contribution in [0.2, 0.25) is 0 Å². The van der Waals surface area contributed by atoms with Crippen LogP contribution >= 0.6 is 11.3 Å². The number of aromatic nitrogens is 2. The molecule has 1 atom stereocenters. The summed E-state index contributed by atoms with van der Waals surface area (Å²) in [5.41, 5.74) is 1.16. The summed E-state index contributed by atoms with van der Waals surface area (Å²) in [6, 6.07) is 0.0760. The molecule has 0 aliphatic carbocycles. The predicted molar refractivity (Wildman–Crippen MR) is 127 cm³/mol. The summed E-state index contributed by atoms with van der Waals surface area (Å²) in [6.45, 7) is 12.2. The van der Waals surface area contributed by atoms with Gasteiger partial charge in [-0.1, -0.05) is 26.7 Å². The van der Waals surface area contributed by atoms with Crippen LogP contribution in [0.3, 0.4) is 0 Å². The van der Waals surface area contributed by atoms with Gasteiger partial charge in [0, 0.05) is 30.4 Å². The maximum atomic E-state index is 13.6. The van der Waals surface area contributed by atoms with Crippen molar-refractivity contribution in [1.29, 1.82) is 0 Å². The van der Waals surface area contributed by atoms with Gasteiger partial charge in [-0.2, -0.15) is 0 Å². The van der Waals surface area contributed by atoms with Crippen LogP contribution in [0.15, 0.2) is 4.79 Å². The second kappa shape index (κ2) is 9.41. The number of piperidine rings is 1. The highest BCUT2D eigenvalue weighted by Crippen LogP contribution is 2.30. The lowest BCUT2D eigenvalue weighted by molar-refractivity contribution is -0.132. The number of fused-ring (bicyclic) bond motifs is 1. The van der Waals surface area contributed by atoms with E-state index in [1.165, 1.54) is 17.7 Å². The quantitative estimate of drug-likeness (QED) is 0.708. The Bertz CT molecular complexity index is 1000. The van der Waals surface area contributed by atoms with Gasteiger partial charge in [0.1, 0.15) is 10.7 Å². The van der Waals surface area contributed by atoms with Gasteiger partial charge in [0.05, 0.1) is 18.0 Å². The number of thiophene rings is 1. The molecule has 2 aliphatic rings. The summed E-state index contributed by atoms with van der Waals surface area (Å²) in [5, 5.41) is 0.782. The van der Waals surface area contributed by atoms with E-state index < -0.39 is 0 Å². The Morgan fingerprint density at radius 2 is 1.81 bits per heavy atom. The second-order valence-electron chi connectivity index (χ2n) is 9.59. The third-order valence-corrected chi connectivity index (χ3v) is 8.04. The third-order valence-electron chi connectivity index (χ3n) is 6.94. The molecule has 7 heteroatoms. The number of carbonyl (C=O) groups is 1. The summed E-state index contributed by atoms with van der Waals surface area (Å²) in [7, 11) is 0. The minimum atomic E-state index is 0.0760. The maximum Gasteiger partial charge on any atom is 0.262 e. The smallest absolute Gasteiger partial charge is 0.262 e. The van der Waals surface area contributed by atoms with Gasteiger partial charge in [-0.05, 0) is 51.6 Å². The summed E-state index contributed by atoms with van der Waals surface area (Å²) < 4.78 is 1.97. The highest BCUT2D eigenvalue weighted by atomic mass is 32.1. The van der Waals surface area contributed by atoms with Crippen molar-refractivity contribution >= 4 is 27.5 Å². The van der Waals surface area contributed by atoms with E-state index in [4.69, 9.17) is 4.98 Å². The zero-order valence-electron chi connectivity index (χ0n) is 19.4. The fourth-order valence-corrected chi connectivity index (χ4v) is 6.11. The molecule has 1 amide bonds. The molecule has 0 radical (unpaired) electrons. The summed E-state index contributed by atoms with van der Waals surface area (Å²) in [4.78, 5) is 37.9. The van der Waals surface area contributed by atoms with Crippen LogP contribution in [-0.4, -0.2) is 58.0 Å². The van der Waals surface area contributed by atoms with Crippen LogP contribution in [0.5, 0.6) is 0 Å². The normalized spacial score (nSPS) is 21.1. The van der Waals surface area contributed by atoms with Gasteiger partial charge in [-0.15, -0.1) is 11.3 Å². The molecule has 2 aliphatic heterocycles. The molecule has 6 nitrogen and oxygen atoms in total. The van der Waals surface area contributed by atoms with Crippen LogP contribution in [0.4, 0.5) is 0 Å². The van der Waals surface area contributed by atoms with Crippen molar-refractivity contribution in [3.05, 3.63) is 26.6 Å². The van der Waals surface area contributed by atoms with E-state index in [0.29, 0.717) is 6.54 Å². The first-order valence-electron chi connectivity index (χ1n) is 11.9. The van der Waals surface area contributed by atoms with Crippen molar-refractivity contribution in [2.75, 3.05) is 32.7 Å². The van der Waals surface area contributed by atoms with Crippen LogP contribution in [0, 0.1) is 13.8 Å². The van der Waals surface area contributed by atoms with Crippen LogP contribution in [-0.2, 0) is 4.79 Å². The van der Waals surface area contributed by atoms with Gasteiger partial charge >= 0.3 is 0 Å². The first-order valence-corrected chi connectivity index (χ1v) is 12.7. The first-order chi connectivity index (χ1) is 14.9. The maximum absolute atomic E-state index is 13.6. The average Bonchev–Trinajstić information content (AvgIpc) is 2.91. The molecule has 0 saturated carbocycles. The van der Waals surface area contributed by atoms with Crippen LogP contribution < -0.4 is 5.56 Å². The van der Waals surface area contributed by atoms with E-state index in [1.54, 1.807) is 11.3 Å². The van der Waals surface area contributed by atoms with E-state index in [2.05, 4.69) is 25.7 Å². The number of aryl methyl sites for hydroxylation is 2. The molecule has 4 heterocycles. The van der Waals surface area contributed by atoms with Gasteiger partial charge < -0.3 is 4.90 Å². The van der Waals surface area contributed by atoms with E-state index in [9.17, 15) is 9.59 Å². The number of amides is 1. The third kappa shape index (κ3) is 4.58. The Labute approximate surface area is 189 Å². The number of likely N-dealkylation sites (tertiary alicyclic amines) is 2. The Balaban J connectivity index is 1.59. The number of rotatable bonds is 4.